The molecule has 2 unspecified atom stereocenters. The molecule has 0 amide bonds. The second-order valence-electron chi connectivity index (χ2n) is 18.8. The predicted octanol–water partition coefficient (Wildman–Crippen LogP) is 14.4. The van der Waals surface area contributed by atoms with Crippen molar-refractivity contribution in [1.82, 2.24) is 0 Å². The van der Waals surface area contributed by atoms with Gasteiger partial charge in [-0.1, -0.05) is 111 Å². The number of ether oxygens (including phenoxy) is 3. The molecule has 68 heavy (non-hydrogen) atoms. The van der Waals surface area contributed by atoms with E-state index in [-0.39, 0.29) is 11.7 Å². The van der Waals surface area contributed by atoms with Gasteiger partial charge in [0, 0.05) is 21.1 Å². The Bertz CT molecular complexity index is 3330. The zero-order valence-corrected chi connectivity index (χ0v) is 39.9. The summed E-state index contributed by atoms with van der Waals surface area (Å²) in [6.45, 7) is 4.76. The first kappa shape index (κ1) is 43.9. The highest BCUT2D eigenvalue weighted by molar-refractivity contribution is 8.33. The average molecular weight is 937 g/mol. The SMILES string of the molecule is COc1ccc(S(OS(=O)(=O)CC23CCC(CC2=O)C3(C)C)(c2ccc(OCc3cc4ccccc4c4ccccc34)cc2)c2ccc(OCc3cc4ccccc4c4ccccc34)cc2)cc1. The summed E-state index contributed by atoms with van der Waals surface area (Å²) in [5.41, 5.74) is 0.607. The van der Waals surface area contributed by atoms with Gasteiger partial charge in [0.05, 0.1) is 18.3 Å². The monoisotopic (exact) mass is 936 g/mol. The Hall–Kier alpha value is -6.65. The van der Waals surface area contributed by atoms with Crippen molar-refractivity contribution in [3.05, 3.63) is 193 Å². The van der Waals surface area contributed by atoms with Gasteiger partial charge in [0.25, 0.3) is 10.1 Å². The molecule has 2 aliphatic rings. The maximum absolute atomic E-state index is 15.1. The number of ketones is 1. The fourth-order valence-electron chi connectivity index (χ4n) is 11.2. The molecule has 11 rings (SSSR count). The number of carbonyl (C=O) groups excluding carboxylic acids is 1. The molecule has 0 N–H and O–H groups in total. The first-order valence-corrected chi connectivity index (χ1v) is 26.3. The van der Waals surface area contributed by atoms with Crippen LogP contribution in [0.2, 0.25) is 0 Å². The van der Waals surface area contributed by atoms with Crippen LogP contribution in [0.25, 0.3) is 43.1 Å². The summed E-state index contributed by atoms with van der Waals surface area (Å²) in [6, 6.07) is 60.4. The van der Waals surface area contributed by atoms with E-state index in [2.05, 4.69) is 84.9 Å². The molecule has 2 bridgehead atoms. The van der Waals surface area contributed by atoms with E-state index >= 15 is 8.42 Å². The number of fused-ring (bicyclic) bond motifs is 8. The van der Waals surface area contributed by atoms with Crippen LogP contribution in [0.5, 0.6) is 17.2 Å². The van der Waals surface area contributed by atoms with Gasteiger partial charge in [-0.3, -0.25) is 4.79 Å². The Balaban J connectivity index is 0.979. The number of hydrogen-bond donors (Lipinski definition) is 0. The molecule has 2 aliphatic carbocycles. The Kier molecular flexibility index (Phi) is 11.1. The second kappa shape index (κ2) is 17.1. The molecule has 2 atom stereocenters. The smallest absolute Gasteiger partial charge is 0.278 e. The summed E-state index contributed by atoms with van der Waals surface area (Å²) in [5, 5.41) is 9.24. The number of hydrogen-bond acceptors (Lipinski definition) is 7. The van der Waals surface area contributed by atoms with Crippen molar-refractivity contribution in [1.29, 1.82) is 0 Å². The number of carbonyl (C=O) groups is 1. The van der Waals surface area contributed by atoms with Gasteiger partial charge in [0.15, 0.2) is 0 Å². The number of benzene rings is 9. The Morgan fingerprint density at radius 1 is 0.529 bits per heavy atom. The van der Waals surface area contributed by atoms with Crippen molar-refractivity contribution in [2.24, 2.45) is 16.7 Å². The summed E-state index contributed by atoms with van der Waals surface area (Å²) in [4.78, 5) is 15.8. The first-order chi connectivity index (χ1) is 33.0. The van der Waals surface area contributed by atoms with Crippen molar-refractivity contribution in [2.45, 2.75) is 61.0 Å². The highest BCUT2D eigenvalue weighted by Crippen LogP contribution is 2.71. The van der Waals surface area contributed by atoms with E-state index in [1.54, 1.807) is 7.11 Å². The standard InChI is InChI=1S/C59H52O7S2/c1-58(2)44-32-33-59(58,57(60)36-44)39-67(61,62)66-68(48-26-20-45(63-3)21-27-48,49-28-22-46(23-29-49)64-37-42-34-40-12-4-6-14-51(40)55-18-10-8-16-53(42)55)50-30-24-47(25-31-50)65-38-43-35-41-13-5-7-15-52(41)56-19-11-9-17-54(43)56/h4-31,34-35,44H,32-33,36-39H2,1-3H3. The number of methoxy groups -OCH3 is 1. The lowest BCUT2D eigenvalue weighted by molar-refractivity contribution is -0.128. The molecule has 9 aromatic carbocycles. The third-order valence-corrected chi connectivity index (χ3v) is 20.3. The van der Waals surface area contributed by atoms with Gasteiger partial charge in [0.1, 0.15) is 36.2 Å². The van der Waals surface area contributed by atoms with Crippen LogP contribution in [-0.4, -0.2) is 27.1 Å². The van der Waals surface area contributed by atoms with Crippen LogP contribution in [0.3, 0.4) is 0 Å². The van der Waals surface area contributed by atoms with E-state index in [0.717, 1.165) is 39.1 Å². The van der Waals surface area contributed by atoms with Crippen LogP contribution in [0.1, 0.15) is 44.2 Å². The summed E-state index contributed by atoms with van der Waals surface area (Å²) in [7, 11) is -5.87. The van der Waals surface area contributed by atoms with Gasteiger partial charge < -0.3 is 14.2 Å². The summed E-state index contributed by atoms with van der Waals surface area (Å²) in [6.07, 6.45) is 1.73. The van der Waals surface area contributed by atoms with Crippen LogP contribution in [0, 0.1) is 16.7 Å². The lowest BCUT2D eigenvalue weighted by Gasteiger charge is -2.41. The maximum Gasteiger partial charge on any atom is 0.278 e. The zero-order valence-electron chi connectivity index (χ0n) is 38.3. The van der Waals surface area contributed by atoms with Gasteiger partial charge >= 0.3 is 0 Å². The highest BCUT2D eigenvalue weighted by atomic mass is 32.3. The van der Waals surface area contributed by atoms with Crippen molar-refractivity contribution in [2.75, 3.05) is 12.9 Å². The molecule has 2 saturated carbocycles. The third-order valence-electron chi connectivity index (χ3n) is 15.0. The number of rotatable bonds is 14. The van der Waals surface area contributed by atoms with Crippen molar-refractivity contribution in [3.63, 3.8) is 0 Å². The van der Waals surface area contributed by atoms with Crippen LogP contribution < -0.4 is 14.2 Å². The van der Waals surface area contributed by atoms with E-state index in [1.807, 2.05) is 111 Å². The molecule has 0 saturated heterocycles. The second-order valence-corrected chi connectivity index (χ2v) is 23.3. The lowest BCUT2D eigenvalue weighted by Crippen LogP contribution is -2.42. The first-order valence-electron chi connectivity index (χ1n) is 23.2. The van der Waals surface area contributed by atoms with Crippen molar-refractivity contribution < 1.29 is 31.1 Å². The third kappa shape index (κ3) is 7.48. The maximum atomic E-state index is 15.1. The van der Waals surface area contributed by atoms with E-state index < -0.39 is 37.0 Å². The van der Waals surface area contributed by atoms with Gasteiger partial charge in [-0.15, -0.1) is 0 Å². The largest absolute Gasteiger partial charge is 0.497 e. The number of Topliss-reactive ketones (excluding diaryl/α,β-unsaturated/α-hetero) is 1. The summed E-state index contributed by atoms with van der Waals surface area (Å²) >= 11 is 0. The minimum atomic E-state index is -4.40. The fourth-order valence-corrected chi connectivity index (χ4v) is 17.2. The lowest BCUT2D eigenvalue weighted by atomic mass is 9.70. The molecule has 0 radical (unpaired) electrons. The molecule has 9 heteroatoms. The van der Waals surface area contributed by atoms with Gasteiger partial charge in [-0.25, -0.2) is 3.63 Å². The van der Waals surface area contributed by atoms with Crippen molar-refractivity contribution >= 4 is 69.3 Å². The molecule has 9 aromatic rings. The minimum absolute atomic E-state index is 0.0114. The minimum Gasteiger partial charge on any atom is -0.497 e. The molecular weight excluding hydrogens is 885 g/mol. The van der Waals surface area contributed by atoms with E-state index in [0.29, 0.717) is 58.0 Å². The molecular formula is C59H52O7S2. The average Bonchev–Trinajstić information content (AvgIpc) is 3.71. The quantitative estimate of drug-likeness (QED) is 0.100. The van der Waals surface area contributed by atoms with E-state index in [9.17, 15) is 4.79 Å². The van der Waals surface area contributed by atoms with Gasteiger partial charge in [0.2, 0.25) is 0 Å². The summed E-state index contributed by atoms with van der Waals surface area (Å²) < 4.78 is 55.7. The Morgan fingerprint density at radius 3 is 1.35 bits per heavy atom. The topological polar surface area (TPSA) is 88.1 Å². The predicted molar refractivity (Wildman–Crippen MR) is 273 cm³/mol. The zero-order chi connectivity index (χ0) is 46.7. The normalized spacial score (nSPS) is 18.1. The molecule has 342 valence electrons. The molecule has 0 spiro atoms. The van der Waals surface area contributed by atoms with Gasteiger partial charge in [-0.05, 0) is 174 Å². The van der Waals surface area contributed by atoms with Crippen LogP contribution in [-0.2, 0) is 31.8 Å². The van der Waals surface area contributed by atoms with Crippen LogP contribution in [0.4, 0.5) is 0 Å². The highest BCUT2D eigenvalue weighted by Gasteiger charge is 2.66. The van der Waals surface area contributed by atoms with E-state index in [4.69, 9.17) is 17.8 Å². The molecule has 7 nitrogen and oxygen atoms in total. The fraction of sp³-hybridized carbons (Fsp3) is 0.203. The van der Waals surface area contributed by atoms with Crippen LogP contribution >= 0.6 is 10.3 Å². The van der Waals surface area contributed by atoms with Crippen LogP contribution in [0.15, 0.2) is 197 Å². The molecule has 2 fully saturated rings. The summed E-state index contributed by atoms with van der Waals surface area (Å²) in [5.74, 6) is 1.62. The van der Waals surface area contributed by atoms with Crippen molar-refractivity contribution in [3.8, 4) is 17.2 Å². The Morgan fingerprint density at radius 2 is 0.941 bits per heavy atom. The Labute approximate surface area is 399 Å². The van der Waals surface area contributed by atoms with Gasteiger partial charge in [-0.2, -0.15) is 8.42 Å². The molecule has 0 heterocycles. The molecule has 0 aliphatic heterocycles. The van der Waals surface area contributed by atoms with E-state index in [1.165, 1.54) is 21.5 Å². The molecule has 0 aromatic heterocycles.